The third kappa shape index (κ3) is 4.73. The van der Waals surface area contributed by atoms with Gasteiger partial charge in [-0.2, -0.15) is 0 Å². The number of rotatable bonds is 7. The van der Waals surface area contributed by atoms with Crippen molar-refractivity contribution in [3.05, 3.63) is 35.4 Å². The van der Waals surface area contributed by atoms with Crippen molar-refractivity contribution in [3.63, 3.8) is 0 Å². The Morgan fingerprint density at radius 1 is 1.26 bits per heavy atom. The number of carbonyl (C=O) groups is 2. The molecule has 0 saturated carbocycles. The molecule has 0 aliphatic heterocycles. The zero-order chi connectivity index (χ0) is 14.3. The van der Waals surface area contributed by atoms with Crippen LogP contribution in [0.3, 0.4) is 0 Å². The van der Waals surface area contributed by atoms with E-state index in [0.29, 0.717) is 5.56 Å². The third-order valence-corrected chi connectivity index (χ3v) is 3.09. The van der Waals surface area contributed by atoms with Crippen molar-refractivity contribution in [2.75, 3.05) is 0 Å². The SMILES string of the molecule is CCCC(CC)NC(=O)Cc1ccccc1C(=O)O. The Hall–Kier alpha value is -1.84. The largest absolute Gasteiger partial charge is 0.478 e. The summed E-state index contributed by atoms with van der Waals surface area (Å²) in [6.07, 6.45) is 2.97. The van der Waals surface area contributed by atoms with Crippen LogP contribution in [0.4, 0.5) is 0 Å². The second-order valence-electron chi connectivity index (χ2n) is 4.60. The van der Waals surface area contributed by atoms with Crippen LogP contribution < -0.4 is 5.32 Å². The van der Waals surface area contributed by atoms with Gasteiger partial charge in [-0.25, -0.2) is 4.79 Å². The van der Waals surface area contributed by atoms with E-state index in [4.69, 9.17) is 5.11 Å². The molecule has 0 aliphatic carbocycles. The molecule has 1 atom stereocenters. The van der Waals surface area contributed by atoms with Gasteiger partial charge in [0.1, 0.15) is 0 Å². The van der Waals surface area contributed by atoms with Crippen LogP contribution in [0.2, 0.25) is 0 Å². The highest BCUT2D eigenvalue weighted by Gasteiger charge is 2.14. The molecule has 0 aromatic heterocycles. The van der Waals surface area contributed by atoms with E-state index in [-0.39, 0.29) is 23.9 Å². The van der Waals surface area contributed by atoms with Gasteiger partial charge in [-0.15, -0.1) is 0 Å². The Bertz CT molecular complexity index is 443. The van der Waals surface area contributed by atoms with Gasteiger partial charge in [0.15, 0.2) is 0 Å². The lowest BCUT2D eigenvalue weighted by atomic mass is 10.0. The number of benzene rings is 1. The van der Waals surface area contributed by atoms with E-state index in [1.807, 2.05) is 6.92 Å². The van der Waals surface area contributed by atoms with Crippen molar-refractivity contribution in [1.29, 1.82) is 0 Å². The number of carboxylic acid groups (broad SMARTS) is 1. The van der Waals surface area contributed by atoms with Crippen molar-refractivity contribution >= 4 is 11.9 Å². The van der Waals surface area contributed by atoms with Gasteiger partial charge in [0, 0.05) is 6.04 Å². The molecule has 4 heteroatoms. The van der Waals surface area contributed by atoms with Crippen molar-refractivity contribution < 1.29 is 14.7 Å². The molecule has 1 aromatic rings. The van der Waals surface area contributed by atoms with Gasteiger partial charge in [-0.05, 0) is 24.5 Å². The van der Waals surface area contributed by atoms with E-state index in [2.05, 4.69) is 12.2 Å². The van der Waals surface area contributed by atoms with E-state index in [0.717, 1.165) is 19.3 Å². The van der Waals surface area contributed by atoms with Crippen LogP contribution >= 0.6 is 0 Å². The zero-order valence-corrected chi connectivity index (χ0v) is 11.5. The highest BCUT2D eigenvalue weighted by Crippen LogP contribution is 2.10. The Kier molecular flexibility index (Phi) is 6.06. The molecule has 1 amide bonds. The fourth-order valence-corrected chi connectivity index (χ4v) is 2.06. The minimum atomic E-state index is -0.996. The van der Waals surface area contributed by atoms with E-state index in [1.54, 1.807) is 18.2 Å². The Balaban J connectivity index is 2.69. The van der Waals surface area contributed by atoms with Crippen molar-refractivity contribution in [1.82, 2.24) is 5.32 Å². The number of carboxylic acids is 1. The van der Waals surface area contributed by atoms with Gasteiger partial charge in [-0.1, -0.05) is 38.5 Å². The molecule has 2 N–H and O–H groups in total. The summed E-state index contributed by atoms with van der Waals surface area (Å²) in [5.41, 5.74) is 0.750. The van der Waals surface area contributed by atoms with Gasteiger partial charge in [0.2, 0.25) is 5.91 Å². The Labute approximate surface area is 113 Å². The smallest absolute Gasteiger partial charge is 0.335 e. The fraction of sp³-hybridized carbons (Fsp3) is 0.467. The molecule has 0 aliphatic rings. The maximum Gasteiger partial charge on any atom is 0.335 e. The molecule has 0 bridgehead atoms. The Morgan fingerprint density at radius 2 is 1.95 bits per heavy atom. The van der Waals surface area contributed by atoms with Gasteiger partial charge >= 0.3 is 5.97 Å². The second kappa shape index (κ2) is 7.56. The van der Waals surface area contributed by atoms with Gasteiger partial charge in [-0.3, -0.25) is 4.79 Å². The summed E-state index contributed by atoms with van der Waals surface area (Å²) in [7, 11) is 0. The van der Waals surface area contributed by atoms with Crippen LogP contribution in [0.25, 0.3) is 0 Å². The second-order valence-corrected chi connectivity index (χ2v) is 4.60. The molecule has 1 rings (SSSR count). The topological polar surface area (TPSA) is 66.4 Å². The van der Waals surface area contributed by atoms with Crippen LogP contribution in [0.15, 0.2) is 24.3 Å². The minimum Gasteiger partial charge on any atom is -0.478 e. The maximum absolute atomic E-state index is 11.9. The summed E-state index contributed by atoms with van der Waals surface area (Å²) in [5, 5.41) is 12.0. The van der Waals surface area contributed by atoms with Crippen molar-refractivity contribution in [2.45, 2.75) is 45.6 Å². The van der Waals surface area contributed by atoms with E-state index in [1.165, 1.54) is 6.07 Å². The molecular weight excluding hydrogens is 242 g/mol. The number of carbonyl (C=O) groups excluding carboxylic acids is 1. The number of hydrogen-bond donors (Lipinski definition) is 2. The van der Waals surface area contributed by atoms with Crippen LogP contribution in [0.5, 0.6) is 0 Å². The molecule has 19 heavy (non-hydrogen) atoms. The van der Waals surface area contributed by atoms with Crippen LogP contribution in [-0.4, -0.2) is 23.0 Å². The van der Waals surface area contributed by atoms with Crippen LogP contribution in [-0.2, 0) is 11.2 Å². The van der Waals surface area contributed by atoms with Gasteiger partial charge in [0.25, 0.3) is 0 Å². The summed E-state index contributed by atoms with van der Waals surface area (Å²) >= 11 is 0. The molecule has 0 fully saturated rings. The molecule has 104 valence electrons. The first-order chi connectivity index (χ1) is 9.08. The Morgan fingerprint density at radius 3 is 2.53 bits per heavy atom. The predicted octanol–water partition coefficient (Wildman–Crippen LogP) is 2.62. The monoisotopic (exact) mass is 263 g/mol. The van der Waals surface area contributed by atoms with E-state index >= 15 is 0 Å². The summed E-state index contributed by atoms with van der Waals surface area (Å²) in [5.74, 6) is -1.11. The summed E-state index contributed by atoms with van der Waals surface area (Å²) in [6.45, 7) is 4.11. The average molecular weight is 263 g/mol. The predicted molar refractivity (Wildman–Crippen MR) is 74.2 cm³/mol. The number of hydrogen-bond acceptors (Lipinski definition) is 2. The highest BCUT2D eigenvalue weighted by molar-refractivity contribution is 5.91. The zero-order valence-electron chi connectivity index (χ0n) is 11.5. The number of nitrogens with one attached hydrogen (secondary N) is 1. The lowest BCUT2D eigenvalue weighted by Gasteiger charge is -2.16. The number of amides is 1. The molecule has 1 unspecified atom stereocenters. The molecule has 0 saturated heterocycles. The first-order valence-corrected chi connectivity index (χ1v) is 6.69. The first-order valence-electron chi connectivity index (χ1n) is 6.69. The average Bonchev–Trinajstić information content (AvgIpc) is 2.38. The van der Waals surface area contributed by atoms with Crippen molar-refractivity contribution in [3.8, 4) is 0 Å². The fourth-order valence-electron chi connectivity index (χ4n) is 2.06. The third-order valence-electron chi connectivity index (χ3n) is 3.09. The van der Waals surface area contributed by atoms with Gasteiger partial charge < -0.3 is 10.4 Å². The van der Waals surface area contributed by atoms with Crippen molar-refractivity contribution in [2.24, 2.45) is 0 Å². The number of aromatic carboxylic acids is 1. The quantitative estimate of drug-likeness (QED) is 0.794. The summed E-state index contributed by atoms with van der Waals surface area (Å²) < 4.78 is 0. The lowest BCUT2D eigenvalue weighted by molar-refractivity contribution is -0.121. The minimum absolute atomic E-state index is 0.114. The molecular formula is C15H21NO3. The summed E-state index contributed by atoms with van der Waals surface area (Å²) in [6, 6.07) is 6.79. The van der Waals surface area contributed by atoms with E-state index in [9.17, 15) is 9.59 Å². The maximum atomic E-state index is 11.9. The summed E-state index contributed by atoms with van der Waals surface area (Å²) in [4.78, 5) is 23.0. The first kappa shape index (κ1) is 15.2. The van der Waals surface area contributed by atoms with E-state index < -0.39 is 5.97 Å². The standard InChI is InChI=1S/C15H21NO3/c1-3-7-12(4-2)16-14(17)10-11-8-5-6-9-13(11)15(18)19/h5-6,8-9,12H,3-4,7,10H2,1-2H3,(H,16,17)(H,18,19). The van der Waals surface area contributed by atoms with Gasteiger partial charge in [0.05, 0.1) is 12.0 Å². The van der Waals surface area contributed by atoms with Crippen LogP contribution in [0.1, 0.15) is 49.0 Å². The molecule has 4 nitrogen and oxygen atoms in total. The molecule has 1 aromatic carbocycles. The molecule has 0 spiro atoms. The molecule has 0 heterocycles. The lowest BCUT2D eigenvalue weighted by Crippen LogP contribution is -2.35. The molecule has 0 radical (unpaired) electrons. The highest BCUT2D eigenvalue weighted by atomic mass is 16.4. The normalized spacial score (nSPS) is 11.9. The van der Waals surface area contributed by atoms with Crippen LogP contribution in [0, 0.1) is 0 Å².